The lowest BCUT2D eigenvalue weighted by atomic mass is 9.85. The molecule has 0 saturated heterocycles. The van der Waals surface area contributed by atoms with E-state index < -0.39 is 11.5 Å². The van der Waals surface area contributed by atoms with Gasteiger partial charge in [0, 0.05) is 30.9 Å². The first-order chi connectivity index (χ1) is 17.7. The Morgan fingerprint density at radius 3 is 2.46 bits per heavy atom. The molecule has 2 atom stereocenters. The van der Waals surface area contributed by atoms with E-state index >= 15 is 0 Å². The SMILES string of the molecule is CCC(Oc1ccc2c(c1)C(c1ccc(F)cc1)N(C(=O)C(C)(C)C)CC2)C(=O)NCc1ccncc1. The highest BCUT2D eigenvalue weighted by atomic mass is 19.1. The van der Waals surface area contributed by atoms with Crippen LogP contribution in [0.2, 0.25) is 0 Å². The Labute approximate surface area is 217 Å². The van der Waals surface area contributed by atoms with Crippen LogP contribution in [0.25, 0.3) is 0 Å². The third-order valence-corrected chi connectivity index (χ3v) is 6.59. The van der Waals surface area contributed by atoms with E-state index in [1.807, 2.05) is 62.9 Å². The highest BCUT2D eigenvalue weighted by Crippen LogP contribution is 2.39. The first kappa shape index (κ1) is 26.3. The maximum absolute atomic E-state index is 13.7. The number of aromatic nitrogens is 1. The molecule has 0 saturated carbocycles. The van der Waals surface area contributed by atoms with Crippen molar-refractivity contribution in [1.29, 1.82) is 0 Å². The van der Waals surface area contributed by atoms with Crippen molar-refractivity contribution in [3.8, 4) is 5.75 Å². The number of carbonyl (C=O) groups excluding carboxylic acids is 2. The number of nitrogens with zero attached hydrogens (tertiary/aromatic N) is 2. The summed E-state index contributed by atoms with van der Waals surface area (Å²) in [5, 5.41) is 2.93. The third kappa shape index (κ3) is 6.16. The van der Waals surface area contributed by atoms with Crippen molar-refractivity contribution in [2.75, 3.05) is 6.54 Å². The Morgan fingerprint density at radius 2 is 1.81 bits per heavy atom. The molecule has 2 heterocycles. The average Bonchev–Trinajstić information content (AvgIpc) is 2.89. The molecule has 194 valence electrons. The molecular weight excluding hydrogens is 469 g/mol. The largest absolute Gasteiger partial charge is 0.481 e. The number of fused-ring (bicyclic) bond motifs is 1. The Hall–Kier alpha value is -3.74. The van der Waals surface area contributed by atoms with Crippen molar-refractivity contribution in [2.24, 2.45) is 5.41 Å². The second-order valence-electron chi connectivity index (χ2n) is 10.4. The van der Waals surface area contributed by atoms with Crippen LogP contribution < -0.4 is 10.1 Å². The van der Waals surface area contributed by atoms with Crippen molar-refractivity contribution in [3.05, 3.63) is 95.1 Å². The number of hydrogen-bond donors (Lipinski definition) is 1. The van der Waals surface area contributed by atoms with Gasteiger partial charge in [0.2, 0.25) is 5.91 Å². The summed E-state index contributed by atoms with van der Waals surface area (Å²) in [4.78, 5) is 32.2. The summed E-state index contributed by atoms with van der Waals surface area (Å²) in [7, 11) is 0. The van der Waals surface area contributed by atoms with E-state index in [2.05, 4.69) is 10.3 Å². The monoisotopic (exact) mass is 503 g/mol. The highest BCUT2D eigenvalue weighted by Gasteiger charge is 2.37. The first-order valence-electron chi connectivity index (χ1n) is 12.7. The molecule has 0 bridgehead atoms. The van der Waals surface area contributed by atoms with Crippen molar-refractivity contribution < 1.29 is 18.7 Å². The predicted molar refractivity (Wildman–Crippen MR) is 140 cm³/mol. The molecule has 0 fully saturated rings. The molecule has 6 nitrogen and oxygen atoms in total. The van der Waals surface area contributed by atoms with Crippen LogP contribution in [0.3, 0.4) is 0 Å². The lowest BCUT2D eigenvalue weighted by Crippen LogP contribution is -2.45. The maximum Gasteiger partial charge on any atom is 0.261 e. The number of benzene rings is 2. The third-order valence-electron chi connectivity index (χ3n) is 6.59. The highest BCUT2D eigenvalue weighted by molar-refractivity contribution is 5.83. The fourth-order valence-electron chi connectivity index (χ4n) is 4.61. The molecular formula is C30H34FN3O3. The van der Waals surface area contributed by atoms with E-state index in [1.165, 1.54) is 12.1 Å². The average molecular weight is 504 g/mol. The van der Waals surface area contributed by atoms with Gasteiger partial charge in [0.1, 0.15) is 11.6 Å². The zero-order valence-corrected chi connectivity index (χ0v) is 21.8. The van der Waals surface area contributed by atoms with Gasteiger partial charge in [-0.1, -0.05) is 45.9 Å². The zero-order valence-electron chi connectivity index (χ0n) is 21.8. The molecule has 1 aliphatic heterocycles. The summed E-state index contributed by atoms with van der Waals surface area (Å²) >= 11 is 0. The Bertz CT molecular complexity index is 1240. The van der Waals surface area contributed by atoms with Crippen LogP contribution in [0.4, 0.5) is 4.39 Å². The van der Waals surface area contributed by atoms with Crippen molar-refractivity contribution >= 4 is 11.8 Å². The molecule has 3 aromatic rings. The van der Waals surface area contributed by atoms with Crippen LogP contribution in [0.15, 0.2) is 67.0 Å². The molecule has 0 spiro atoms. The van der Waals surface area contributed by atoms with Crippen LogP contribution in [-0.4, -0.2) is 34.3 Å². The second-order valence-corrected chi connectivity index (χ2v) is 10.4. The number of nitrogens with one attached hydrogen (secondary N) is 1. The van der Waals surface area contributed by atoms with Crippen LogP contribution in [0.5, 0.6) is 5.75 Å². The summed E-state index contributed by atoms with van der Waals surface area (Å²) in [6.07, 6.45) is 3.91. The van der Waals surface area contributed by atoms with Crippen LogP contribution in [0, 0.1) is 11.2 Å². The maximum atomic E-state index is 13.7. The molecule has 7 heteroatoms. The zero-order chi connectivity index (χ0) is 26.6. The summed E-state index contributed by atoms with van der Waals surface area (Å²) in [6.45, 7) is 8.58. The number of ether oxygens (including phenoxy) is 1. The molecule has 2 aromatic carbocycles. The van der Waals surface area contributed by atoms with Gasteiger partial charge in [-0.15, -0.1) is 0 Å². The number of amides is 2. The second kappa shape index (κ2) is 11.1. The first-order valence-corrected chi connectivity index (χ1v) is 12.7. The summed E-state index contributed by atoms with van der Waals surface area (Å²) in [6, 6.07) is 15.4. The van der Waals surface area contributed by atoms with Gasteiger partial charge in [0.05, 0.1) is 6.04 Å². The summed E-state index contributed by atoms with van der Waals surface area (Å²) in [5.41, 5.74) is 3.26. The Kier molecular flexibility index (Phi) is 7.91. The number of halogens is 1. The fraction of sp³-hybridized carbons (Fsp3) is 0.367. The van der Waals surface area contributed by atoms with Crippen molar-refractivity contribution in [2.45, 2.75) is 59.2 Å². The van der Waals surface area contributed by atoms with Crippen LogP contribution in [-0.2, 0) is 22.6 Å². The molecule has 4 rings (SSSR count). The summed E-state index contributed by atoms with van der Waals surface area (Å²) in [5.74, 6) is 0.0633. The fourth-order valence-corrected chi connectivity index (χ4v) is 4.61. The lowest BCUT2D eigenvalue weighted by Gasteiger charge is -2.41. The number of carbonyl (C=O) groups is 2. The van der Waals surface area contributed by atoms with Gasteiger partial charge in [-0.05, 0) is 71.5 Å². The van der Waals surface area contributed by atoms with Crippen molar-refractivity contribution in [1.82, 2.24) is 15.2 Å². The van der Waals surface area contributed by atoms with E-state index in [0.717, 1.165) is 22.3 Å². The molecule has 2 amide bonds. The molecule has 37 heavy (non-hydrogen) atoms. The van der Waals surface area contributed by atoms with Gasteiger partial charge in [0.25, 0.3) is 5.91 Å². The molecule has 1 aromatic heterocycles. The quantitative estimate of drug-likeness (QED) is 0.480. The van der Waals surface area contributed by atoms with Gasteiger partial charge in [0.15, 0.2) is 6.10 Å². The number of pyridine rings is 1. The topological polar surface area (TPSA) is 71.5 Å². The van der Waals surface area contributed by atoms with Gasteiger partial charge in [-0.25, -0.2) is 4.39 Å². The standard InChI is InChI=1S/C30H34FN3O3/c1-5-26(28(35)33-19-20-12-15-32-16-13-20)37-24-11-8-21-14-17-34(29(36)30(2,3)4)27(25(21)18-24)22-6-9-23(31)10-7-22/h6-13,15-16,18,26-27H,5,14,17,19H2,1-4H3,(H,33,35). The Morgan fingerprint density at radius 1 is 1.11 bits per heavy atom. The van der Waals surface area contributed by atoms with Crippen LogP contribution >= 0.6 is 0 Å². The van der Waals surface area contributed by atoms with Gasteiger partial charge < -0.3 is 15.0 Å². The molecule has 1 N–H and O–H groups in total. The van der Waals surface area contributed by atoms with Crippen molar-refractivity contribution in [3.63, 3.8) is 0 Å². The minimum Gasteiger partial charge on any atom is -0.481 e. The van der Waals surface area contributed by atoms with E-state index in [4.69, 9.17) is 4.74 Å². The predicted octanol–water partition coefficient (Wildman–Crippen LogP) is 5.21. The van der Waals surface area contributed by atoms with Crippen LogP contribution in [0.1, 0.15) is 62.4 Å². The molecule has 1 aliphatic rings. The van der Waals surface area contributed by atoms with E-state index in [1.54, 1.807) is 24.5 Å². The number of rotatable bonds is 7. The van der Waals surface area contributed by atoms with Gasteiger partial charge in [-0.2, -0.15) is 0 Å². The minimum absolute atomic E-state index is 0.0284. The van der Waals surface area contributed by atoms with E-state index in [-0.39, 0.29) is 23.7 Å². The lowest BCUT2D eigenvalue weighted by molar-refractivity contribution is -0.141. The summed E-state index contributed by atoms with van der Waals surface area (Å²) < 4.78 is 19.9. The molecule has 2 unspecified atom stereocenters. The van der Waals surface area contributed by atoms with E-state index in [9.17, 15) is 14.0 Å². The minimum atomic E-state index is -0.667. The normalized spacial score (nSPS) is 16.0. The molecule has 0 radical (unpaired) electrons. The number of hydrogen-bond acceptors (Lipinski definition) is 4. The van der Waals surface area contributed by atoms with Gasteiger partial charge in [-0.3, -0.25) is 14.6 Å². The Balaban J connectivity index is 1.61. The van der Waals surface area contributed by atoms with E-state index in [0.29, 0.717) is 31.7 Å². The molecule has 0 aliphatic carbocycles. The smallest absolute Gasteiger partial charge is 0.261 e. The van der Waals surface area contributed by atoms with Gasteiger partial charge >= 0.3 is 0 Å².